The monoisotopic (exact) mass is 333 g/mol. The lowest BCUT2D eigenvalue weighted by Gasteiger charge is -2.16. The maximum Gasteiger partial charge on any atom is 0.261 e. The molecular formula is C18H23NO3S. The number of aryl methyl sites for hydroxylation is 3. The van der Waals surface area contributed by atoms with E-state index in [1.807, 2.05) is 39.0 Å². The number of para-hydroxylation sites is 1. The highest BCUT2D eigenvalue weighted by Crippen LogP contribution is 2.27. The molecule has 5 heteroatoms. The number of benzene rings is 2. The van der Waals surface area contributed by atoms with Gasteiger partial charge < -0.3 is 4.74 Å². The van der Waals surface area contributed by atoms with E-state index in [4.69, 9.17) is 4.74 Å². The van der Waals surface area contributed by atoms with Gasteiger partial charge in [0, 0.05) is 0 Å². The zero-order chi connectivity index (χ0) is 17.0. The number of hydrogen-bond acceptors (Lipinski definition) is 3. The van der Waals surface area contributed by atoms with E-state index < -0.39 is 10.0 Å². The number of hydrogen-bond donors (Lipinski definition) is 1. The van der Waals surface area contributed by atoms with Gasteiger partial charge in [0.2, 0.25) is 0 Å². The Bertz CT molecular complexity index is 776. The normalized spacial score (nSPS) is 11.3. The predicted molar refractivity (Wildman–Crippen MR) is 93.7 cm³/mol. The first-order chi connectivity index (χ1) is 10.9. The van der Waals surface area contributed by atoms with E-state index in [1.165, 1.54) is 0 Å². The molecule has 0 atom stereocenters. The van der Waals surface area contributed by atoms with Crippen LogP contribution in [0.4, 0.5) is 5.69 Å². The minimum Gasteiger partial charge on any atom is -0.496 e. The maximum atomic E-state index is 12.7. The summed E-state index contributed by atoms with van der Waals surface area (Å²) in [7, 11) is -2.06. The Morgan fingerprint density at radius 2 is 1.65 bits per heavy atom. The van der Waals surface area contributed by atoms with Crippen LogP contribution in [0.3, 0.4) is 0 Å². The van der Waals surface area contributed by atoms with Crippen molar-refractivity contribution in [3.8, 4) is 5.75 Å². The van der Waals surface area contributed by atoms with E-state index in [-0.39, 0.29) is 4.90 Å². The lowest BCUT2D eigenvalue weighted by Crippen LogP contribution is -2.16. The first kappa shape index (κ1) is 17.3. The van der Waals surface area contributed by atoms with Gasteiger partial charge in [-0.2, -0.15) is 0 Å². The van der Waals surface area contributed by atoms with Crippen LogP contribution < -0.4 is 9.46 Å². The van der Waals surface area contributed by atoms with Gasteiger partial charge in [-0.3, -0.25) is 4.72 Å². The van der Waals surface area contributed by atoms with Crippen LogP contribution in [0.5, 0.6) is 5.75 Å². The van der Waals surface area contributed by atoms with Gasteiger partial charge in [0.05, 0.1) is 17.7 Å². The van der Waals surface area contributed by atoms with Gasteiger partial charge in [0.15, 0.2) is 0 Å². The van der Waals surface area contributed by atoms with Crippen molar-refractivity contribution in [3.63, 3.8) is 0 Å². The summed E-state index contributed by atoms with van der Waals surface area (Å²) < 4.78 is 33.4. The average molecular weight is 333 g/mol. The second kappa shape index (κ2) is 7.04. The molecule has 0 amide bonds. The van der Waals surface area contributed by atoms with Crippen molar-refractivity contribution >= 4 is 15.7 Å². The smallest absolute Gasteiger partial charge is 0.261 e. The highest BCUT2D eigenvalue weighted by molar-refractivity contribution is 7.92. The standard InChI is InChI=1S/C18H23NO3S/c1-5-14-8-7-9-15(6-2)18(14)19-23(20,21)16-10-11-17(22-4)13(3)12-16/h7-12,19H,5-6H2,1-4H3. The molecule has 2 aromatic rings. The molecule has 0 heterocycles. The van der Waals surface area contributed by atoms with Crippen LogP contribution in [0.1, 0.15) is 30.5 Å². The lowest BCUT2D eigenvalue weighted by molar-refractivity contribution is 0.411. The van der Waals surface area contributed by atoms with Gasteiger partial charge in [-0.15, -0.1) is 0 Å². The first-order valence-electron chi connectivity index (χ1n) is 7.71. The molecule has 2 rings (SSSR count). The largest absolute Gasteiger partial charge is 0.496 e. The van der Waals surface area contributed by atoms with E-state index in [2.05, 4.69) is 4.72 Å². The second-order valence-electron chi connectivity index (χ2n) is 5.40. The van der Waals surface area contributed by atoms with Gasteiger partial charge in [-0.25, -0.2) is 8.42 Å². The van der Waals surface area contributed by atoms with Gasteiger partial charge in [-0.05, 0) is 54.7 Å². The molecule has 2 aromatic carbocycles. The van der Waals surface area contributed by atoms with Crippen LogP contribution in [-0.2, 0) is 22.9 Å². The van der Waals surface area contributed by atoms with Crippen molar-refractivity contribution in [3.05, 3.63) is 53.1 Å². The van der Waals surface area contributed by atoms with Crippen LogP contribution >= 0.6 is 0 Å². The number of ether oxygens (including phenoxy) is 1. The number of anilines is 1. The number of nitrogens with one attached hydrogen (secondary N) is 1. The highest BCUT2D eigenvalue weighted by Gasteiger charge is 2.18. The Kier molecular flexibility index (Phi) is 5.31. The van der Waals surface area contributed by atoms with E-state index >= 15 is 0 Å². The summed E-state index contributed by atoms with van der Waals surface area (Å²) in [6.07, 6.45) is 1.54. The third-order valence-electron chi connectivity index (χ3n) is 3.91. The molecule has 124 valence electrons. The van der Waals surface area contributed by atoms with E-state index in [9.17, 15) is 8.42 Å². The fourth-order valence-corrected chi connectivity index (χ4v) is 3.81. The molecule has 0 aliphatic carbocycles. The van der Waals surface area contributed by atoms with Gasteiger partial charge in [-0.1, -0.05) is 32.0 Å². The Labute approximate surface area is 138 Å². The fraction of sp³-hybridized carbons (Fsp3) is 0.333. The third kappa shape index (κ3) is 3.67. The fourth-order valence-electron chi connectivity index (χ4n) is 2.59. The molecular weight excluding hydrogens is 310 g/mol. The Morgan fingerprint density at radius 1 is 1.04 bits per heavy atom. The zero-order valence-corrected chi connectivity index (χ0v) is 14.8. The minimum absolute atomic E-state index is 0.240. The summed E-state index contributed by atoms with van der Waals surface area (Å²) >= 11 is 0. The summed E-state index contributed by atoms with van der Waals surface area (Å²) in [5.41, 5.74) is 3.48. The number of methoxy groups -OCH3 is 1. The van der Waals surface area contributed by atoms with Crippen LogP contribution in [0.25, 0.3) is 0 Å². The van der Waals surface area contributed by atoms with Gasteiger partial charge in [0.1, 0.15) is 5.75 Å². The highest BCUT2D eigenvalue weighted by atomic mass is 32.2. The van der Waals surface area contributed by atoms with Crippen molar-refractivity contribution < 1.29 is 13.2 Å². The molecule has 0 bridgehead atoms. The molecule has 4 nitrogen and oxygen atoms in total. The van der Waals surface area contributed by atoms with Crippen molar-refractivity contribution in [2.45, 2.75) is 38.5 Å². The van der Waals surface area contributed by atoms with Crippen molar-refractivity contribution in [1.29, 1.82) is 0 Å². The van der Waals surface area contributed by atoms with E-state index in [0.717, 1.165) is 29.5 Å². The van der Waals surface area contributed by atoms with Gasteiger partial charge >= 0.3 is 0 Å². The molecule has 23 heavy (non-hydrogen) atoms. The molecule has 0 spiro atoms. The molecule has 0 unspecified atom stereocenters. The van der Waals surface area contributed by atoms with Crippen LogP contribution in [0, 0.1) is 6.92 Å². The molecule has 0 aromatic heterocycles. The first-order valence-corrected chi connectivity index (χ1v) is 9.19. The van der Waals surface area contributed by atoms with Gasteiger partial charge in [0.25, 0.3) is 10.0 Å². The Balaban J connectivity index is 2.45. The number of sulfonamides is 1. The number of rotatable bonds is 6. The topological polar surface area (TPSA) is 55.4 Å². The minimum atomic E-state index is -3.63. The molecule has 0 saturated heterocycles. The summed E-state index contributed by atoms with van der Waals surface area (Å²) in [5.74, 6) is 0.673. The lowest BCUT2D eigenvalue weighted by atomic mass is 10.0. The molecule has 0 radical (unpaired) electrons. The summed E-state index contributed by atoms with van der Waals surface area (Å²) in [6, 6.07) is 10.7. The molecule has 0 aliphatic rings. The quantitative estimate of drug-likeness (QED) is 0.871. The summed E-state index contributed by atoms with van der Waals surface area (Å²) in [5, 5.41) is 0. The maximum absolute atomic E-state index is 12.7. The summed E-state index contributed by atoms with van der Waals surface area (Å²) in [6.45, 7) is 5.86. The molecule has 1 N–H and O–H groups in total. The Hall–Kier alpha value is -2.01. The average Bonchev–Trinajstić information content (AvgIpc) is 2.54. The van der Waals surface area contributed by atoms with Crippen molar-refractivity contribution in [2.24, 2.45) is 0 Å². The SMILES string of the molecule is CCc1cccc(CC)c1NS(=O)(=O)c1ccc(OC)c(C)c1. The Morgan fingerprint density at radius 3 is 2.13 bits per heavy atom. The van der Waals surface area contributed by atoms with Crippen molar-refractivity contribution in [2.75, 3.05) is 11.8 Å². The van der Waals surface area contributed by atoms with Crippen molar-refractivity contribution in [1.82, 2.24) is 0 Å². The van der Waals surface area contributed by atoms with E-state index in [1.54, 1.807) is 25.3 Å². The van der Waals surface area contributed by atoms with Crippen LogP contribution in [-0.4, -0.2) is 15.5 Å². The zero-order valence-electron chi connectivity index (χ0n) is 14.0. The van der Waals surface area contributed by atoms with E-state index in [0.29, 0.717) is 11.4 Å². The van der Waals surface area contributed by atoms with Crippen LogP contribution in [0.2, 0.25) is 0 Å². The molecule has 0 saturated carbocycles. The molecule has 0 aliphatic heterocycles. The second-order valence-corrected chi connectivity index (χ2v) is 7.08. The van der Waals surface area contributed by atoms with Crippen LogP contribution in [0.15, 0.2) is 41.3 Å². The predicted octanol–water partition coefficient (Wildman–Crippen LogP) is 3.93. The third-order valence-corrected chi connectivity index (χ3v) is 5.26. The summed E-state index contributed by atoms with van der Waals surface area (Å²) in [4.78, 5) is 0.240. The molecule has 0 fully saturated rings.